The van der Waals surface area contributed by atoms with Gasteiger partial charge in [-0.3, -0.25) is 0 Å². The van der Waals surface area contributed by atoms with Gasteiger partial charge in [-0.2, -0.15) is 0 Å². The van der Waals surface area contributed by atoms with Crippen molar-refractivity contribution < 1.29 is 14.6 Å². The van der Waals surface area contributed by atoms with Crippen molar-refractivity contribution >= 4 is 33.5 Å². The minimum atomic E-state index is -1.06. The van der Waals surface area contributed by atoms with Crippen molar-refractivity contribution in [2.24, 2.45) is 0 Å². The molecule has 0 aliphatic heterocycles. The van der Waals surface area contributed by atoms with E-state index < -0.39 is 5.97 Å². The van der Waals surface area contributed by atoms with Crippen molar-refractivity contribution in [2.75, 3.05) is 0 Å². The quantitative estimate of drug-likeness (QED) is 0.868. The molecule has 1 aliphatic rings. The highest BCUT2D eigenvalue weighted by atomic mass is 79.9. The Balaban J connectivity index is 2.03. The van der Waals surface area contributed by atoms with E-state index in [1.54, 1.807) is 24.3 Å². The number of rotatable bonds is 3. The second kappa shape index (κ2) is 5.66. The number of carboxylic acid groups (broad SMARTS) is 1. The summed E-state index contributed by atoms with van der Waals surface area (Å²) >= 11 is 9.41. The molecule has 1 N–H and O–H groups in total. The van der Waals surface area contributed by atoms with Crippen molar-refractivity contribution in [3.05, 3.63) is 50.6 Å². The van der Waals surface area contributed by atoms with Crippen molar-refractivity contribution in [2.45, 2.75) is 19.3 Å². The minimum Gasteiger partial charge on any atom is -0.477 e. The first-order valence-corrected chi connectivity index (χ1v) is 7.60. The molecule has 0 saturated heterocycles. The number of carboxylic acids is 1. The Morgan fingerprint density at radius 3 is 2.86 bits per heavy atom. The van der Waals surface area contributed by atoms with Crippen LogP contribution in [0.2, 0.25) is 5.02 Å². The number of halogens is 2. The van der Waals surface area contributed by atoms with Gasteiger partial charge in [-0.15, -0.1) is 0 Å². The van der Waals surface area contributed by atoms with Crippen LogP contribution in [0.5, 0.6) is 11.6 Å². The van der Waals surface area contributed by atoms with E-state index in [1.807, 2.05) is 0 Å². The molecule has 0 fully saturated rings. The van der Waals surface area contributed by atoms with Crippen LogP contribution in [0.4, 0.5) is 0 Å². The third-order valence-corrected chi connectivity index (χ3v) is 4.14. The topological polar surface area (TPSA) is 59.4 Å². The summed E-state index contributed by atoms with van der Waals surface area (Å²) in [6.07, 6.45) is 2.70. The van der Waals surface area contributed by atoms with Crippen molar-refractivity contribution in [1.82, 2.24) is 4.98 Å². The molecule has 0 bridgehead atoms. The maximum Gasteiger partial charge on any atom is 0.341 e. The molecule has 108 valence electrons. The van der Waals surface area contributed by atoms with E-state index in [-0.39, 0.29) is 11.4 Å². The molecule has 0 spiro atoms. The summed E-state index contributed by atoms with van der Waals surface area (Å²) in [5.41, 5.74) is 1.96. The Kier molecular flexibility index (Phi) is 3.87. The number of carbonyl (C=O) groups is 1. The molecule has 0 radical (unpaired) electrons. The van der Waals surface area contributed by atoms with Crippen LogP contribution >= 0.6 is 27.5 Å². The summed E-state index contributed by atoms with van der Waals surface area (Å²) in [6.45, 7) is 0. The molecule has 4 nitrogen and oxygen atoms in total. The van der Waals surface area contributed by atoms with Crippen LogP contribution in [0.1, 0.15) is 28.0 Å². The fourth-order valence-corrected chi connectivity index (χ4v) is 3.06. The number of aromatic carboxylic acids is 1. The Morgan fingerprint density at radius 2 is 2.14 bits per heavy atom. The van der Waals surface area contributed by atoms with Crippen molar-refractivity contribution in [3.8, 4) is 11.6 Å². The number of aryl methyl sites for hydroxylation is 2. The van der Waals surface area contributed by atoms with E-state index in [0.717, 1.165) is 35.0 Å². The average Bonchev–Trinajstić information content (AvgIpc) is 2.88. The van der Waals surface area contributed by atoms with Gasteiger partial charge in [0.2, 0.25) is 5.88 Å². The Hall–Kier alpha value is -1.59. The van der Waals surface area contributed by atoms with Crippen LogP contribution in [-0.4, -0.2) is 16.1 Å². The third-order valence-electron chi connectivity index (χ3n) is 3.35. The lowest BCUT2D eigenvalue weighted by Gasteiger charge is -2.11. The number of ether oxygens (including phenoxy) is 1. The minimum absolute atomic E-state index is 0.0645. The zero-order chi connectivity index (χ0) is 15.0. The molecular formula is C15H11BrClNO3. The van der Waals surface area contributed by atoms with Crippen LogP contribution in [-0.2, 0) is 12.8 Å². The highest BCUT2D eigenvalue weighted by molar-refractivity contribution is 9.10. The van der Waals surface area contributed by atoms with Gasteiger partial charge in [0.25, 0.3) is 0 Å². The third kappa shape index (κ3) is 2.89. The monoisotopic (exact) mass is 367 g/mol. The molecule has 21 heavy (non-hydrogen) atoms. The molecule has 0 unspecified atom stereocenters. The standard InChI is InChI=1S/C15H11BrClNO3/c16-9-4-5-13(11(17)7-9)21-14-10(15(19)20)6-8-2-1-3-12(8)18-14/h4-7H,1-3H2,(H,19,20). The van der Waals surface area contributed by atoms with Gasteiger partial charge in [0.15, 0.2) is 0 Å². The second-order valence-electron chi connectivity index (χ2n) is 4.78. The molecule has 0 amide bonds. The smallest absolute Gasteiger partial charge is 0.341 e. The van der Waals surface area contributed by atoms with Gasteiger partial charge < -0.3 is 9.84 Å². The molecule has 1 heterocycles. The van der Waals surface area contributed by atoms with Crippen LogP contribution in [0, 0.1) is 0 Å². The number of hydrogen-bond donors (Lipinski definition) is 1. The molecular weight excluding hydrogens is 358 g/mol. The summed E-state index contributed by atoms with van der Waals surface area (Å²) in [5.74, 6) is -0.583. The zero-order valence-corrected chi connectivity index (χ0v) is 13.2. The van der Waals surface area contributed by atoms with E-state index in [2.05, 4.69) is 20.9 Å². The summed E-state index contributed by atoms with van der Waals surface area (Å²) in [4.78, 5) is 15.8. The van der Waals surface area contributed by atoms with E-state index >= 15 is 0 Å². The van der Waals surface area contributed by atoms with E-state index in [1.165, 1.54) is 0 Å². The summed E-state index contributed by atoms with van der Waals surface area (Å²) < 4.78 is 6.46. The number of benzene rings is 1. The number of pyridine rings is 1. The predicted molar refractivity (Wildman–Crippen MR) is 82.4 cm³/mol. The fourth-order valence-electron chi connectivity index (χ4n) is 2.35. The van der Waals surface area contributed by atoms with Gasteiger partial charge >= 0.3 is 5.97 Å². The number of nitrogens with zero attached hydrogens (tertiary/aromatic N) is 1. The van der Waals surface area contributed by atoms with Gasteiger partial charge in [0.05, 0.1) is 5.02 Å². The first-order valence-electron chi connectivity index (χ1n) is 6.43. The van der Waals surface area contributed by atoms with Crippen molar-refractivity contribution in [1.29, 1.82) is 0 Å². The van der Waals surface area contributed by atoms with Crippen LogP contribution in [0.15, 0.2) is 28.7 Å². The number of fused-ring (bicyclic) bond motifs is 1. The Morgan fingerprint density at radius 1 is 1.33 bits per heavy atom. The second-order valence-corrected chi connectivity index (χ2v) is 6.11. The average molecular weight is 369 g/mol. The highest BCUT2D eigenvalue weighted by Crippen LogP contribution is 2.34. The molecule has 1 aromatic heterocycles. The summed E-state index contributed by atoms with van der Waals surface area (Å²) in [7, 11) is 0. The first-order chi connectivity index (χ1) is 10.0. The molecule has 6 heteroatoms. The van der Waals surface area contributed by atoms with E-state index in [4.69, 9.17) is 16.3 Å². The molecule has 3 rings (SSSR count). The summed E-state index contributed by atoms with van der Waals surface area (Å²) in [5, 5.41) is 9.72. The molecule has 2 aromatic rings. The maximum absolute atomic E-state index is 11.4. The van der Waals surface area contributed by atoms with Crippen molar-refractivity contribution in [3.63, 3.8) is 0 Å². The fraction of sp³-hybridized carbons (Fsp3) is 0.200. The molecule has 1 aromatic carbocycles. The molecule has 0 saturated carbocycles. The first kappa shape index (κ1) is 14.4. The largest absolute Gasteiger partial charge is 0.477 e. The maximum atomic E-state index is 11.4. The predicted octanol–water partition coefficient (Wildman–Crippen LogP) is 4.48. The van der Waals surface area contributed by atoms with Gasteiger partial charge in [-0.05, 0) is 49.1 Å². The van der Waals surface area contributed by atoms with Crippen LogP contribution in [0.3, 0.4) is 0 Å². The van der Waals surface area contributed by atoms with Gasteiger partial charge in [-0.25, -0.2) is 9.78 Å². The lowest BCUT2D eigenvalue weighted by molar-refractivity contribution is 0.0693. The van der Waals surface area contributed by atoms with E-state index in [0.29, 0.717) is 10.8 Å². The lowest BCUT2D eigenvalue weighted by Crippen LogP contribution is -2.05. The van der Waals surface area contributed by atoms with Gasteiger partial charge in [-0.1, -0.05) is 27.5 Å². The number of hydrogen-bond acceptors (Lipinski definition) is 3. The van der Waals surface area contributed by atoms with E-state index in [9.17, 15) is 9.90 Å². The highest BCUT2D eigenvalue weighted by Gasteiger charge is 2.21. The zero-order valence-electron chi connectivity index (χ0n) is 10.9. The molecule has 1 aliphatic carbocycles. The normalized spacial score (nSPS) is 13.0. The SMILES string of the molecule is O=C(O)c1cc2c(nc1Oc1ccc(Br)cc1Cl)CCC2. The van der Waals surface area contributed by atoms with Gasteiger partial charge in [0.1, 0.15) is 11.3 Å². The van der Waals surface area contributed by atoms with Gasteiger partial charge in [0, 0.05) is 10.2 Å². The number of aromatic nitrogens is 1. The summed E-state index contributed by atoms with van der Waals surface area (Å²) in [6, 6.07) is 6.78. The molecule has 0 atom stereocenters. The van der Waals surface area contributed by atoms with Crippen LogP contribution in [0.25, 0.3) is 0 Å². The Labute approximate surface area is 134 Å². The lowest BCUT2D eigenvalue weighted by atomic mass is 10.1. The Bertz CT molecular complexity index is 733. The van der Waals surface area contributed by atoms with Crippen LogP contribution < -0.4 is 4.74 Å².